The van der Waals surface area contributed by atoms with E-state index in [1.807, 2.05) is 26.0 Å². The van der Waals surface area contributed by atoms with Crippen molar-refractivity contribution >= 4 is 11.6 Å². The molecule has 1 aromatic rings. The van der Waals surface area contributed by atoms with Gasteiger partial charge in [-0.15, -0.1) is 0 Å². The SMILES string of the molecule is CC(C)C(c1ccc(Cl)cc1)C(C#N)C#N. The van der Waals surface area contributed by atoms with E-state index in [9.17, 15) is 0 Å². The van der Waals surface area contributed by atoms with Gasteiger partial charge in [-0.05, 0) is 23.6 Å². The zero-order chi connectivity index (χ0) is 12.1. The lowest BCUT2D eigenvalue weighted by Gasteiger charge is -2.21. The van der Waals surface area contributed by atoms with Gasteiger partial charge in [0, 0.05) is 10.9 Å². The third kappa shape index (κ3) is 2.75. The highest BCUT2D eigenvalue weighted by atomic mass is 35.5. The molecule has 1 unspecified atom stereocenters. The van der Waals surface area contributed by atoms with E-state index in [1.165, 1.54) is 0 Å². The molecule has 0 heterocycles. The summed E-state index contributed by atoms with van der Waals surface area (Å²) in [6.07, 6.45) is 0. The molecule has 0 spiro atoms. The van der Waals surface area contributed by atoms with E-state index in [4.69, 9.17) is 22.1 Å². The smallest absolute Gasteiger partial charge is 0.140 e. The number of halogens is 1. The van der Waals surface area contributed by atoms with Crippen molar-refractivity contribution in [1.29, 1.82) is 10.5 Å². The second-order valence-corrected chi connectivity index (χ2v) is 4.49. The molecule has 82 valence electrons. The number of hydrogen-bond donors (Lipinski definition) is 0. The highest BCUT2D eigenvalue weighted by molar-refractivity contribution is 6.30. The third-order valence-electron chi connectivity index (χ3n) is 2.61. The first-order chi connectivity index (χ1) is 7.60. The summed E-state index contributed by atoms with van der Waals surface area (Å²) in [4.78, 5) is 0. The Hall–Kier alpha value is -1.51. The van der Waals surface area contributed by atoms with Gasteiger partial charge < -0.3 is 0 Å². The molecule has 1 aromatic carbocycles. The van der Waals surface area contributed by atoms with Crippen LogP contribution in [0.3, 0.4) is 0 Å². The van der Waals surface area contributed by atoms with Gasteiger partial charge in [0.2, 0.25) is 0 Å². The lowest BCUT2D eigenvalue weighted by Crippen LogP contribution is -2.15. The third-order valence-corrected chi connectivity index (χ3v) is 2.86. The van der Waals surface area contributed by atoms with E-state index in [2.05, 4.69) is 12.1 Å². The molecule has 1 atom stereocenters. The molecule has 0 amide bonds. The molecule has 16 heavy (non-hydrogen) atoms. The Kier molecular flexibility index (Phi) is 4.35. The summed E-state index contributed by atoms with van der Waals surface area (Å²) in [6.45, 7) is 4.03. The van der Waals surface area contributed by atoms with Gasteiger partial charge in [0.15, 0.2) is 0 Å². The molecule has 2 nitrogen and oxygen atoms in total. The maximum absolute atomic E-state index is 8.96. The molecule has 0 N–H and O–H groups in total. The molecule has 0 radical (unpaired) electrons. The summed E-state index contributed by atoms with van der Waals surface area (Å²) in [5, 5.41) is 18.6. The van der Waals surface area contributed by atoms with Gasteiger partial charge in [0.1, 0.15) is 5.92 Å². The molecule has 3 heteroatoms. The molecule has 0 saturated carbocycles. The minimum atomic E-state index is -0.610. The minimum Gasteiger partial charge on any atom is -0.197 e. The highest BCUT2D eigenvalue weighted by Gasteiger charge is 2.25. The van der Waals surface area contributed by atoms with E-state index in [-0.39, 0.29) is 11.8 Å². The molecular formula is C13H13ClN2. The maximum atomic E-state index is 8.96. The van der Waals surface area contributed by atoms with Gasteiger partial charge in [-0.2, -0.15) is 10.5 Å². The predicted molar refractivity (Wildman–Crippen MR) is 63.7 cm³/mol. The summed E-state index contributed by atoms with van der Waals surface area (Å²) >= 11 is 5.81. The number of rotatable bonds is 3. The van der Waals surface area contributed by atoms with Crippen molar-refractivity contribution in [3.8, 4) is 12.1 Å². The van der Waals surface area contributed by atoms with E-state index >= 15 is 0 Å². The fourth-order valence-corrected chi connectivity index (χ4v) is 1.96. The van der Waals surface area contributed by atoms with Crippen LogP contribution in [0.15, 0.2) is 24.3 Å². The van der Waals surface area contributed by atoms with E-state index in [1.54, 1.807) is 12.1 Å². The second-order valence-electron chi connectivity index (χ2n) is 4.06. The average molecular weight is 233 g/mol. The number of nitriles is 2. The summed E-state index contributed by atoms with van der Waals surface area (Å²) in [5.74, 6) is -0.432. The quantitative estimate of drug-likeness (QED) is 0.797. The second kappa shape index (κ2) is 5.54. The zero-order valence-electron chi connectivity index (χ0n) is 9.31. The topological polar surface area (TPSA) is 47.6 Å². The van der Waals surface area contributed by atoms with Crippen molar-refractivity contribution in [2.75, 3.05) is 0 Å². The van der Waals surface area contributed by atoms with Crippen LogP contribution in [0.4, 0.5) is 0 Å². The molecule has 0 saturated heterocycles. The lowest BCUT2D eigenvalue weighted by molar-refractivity contribution is 0.454. The van der Waals surface area contributed by atoms with Crippen LogP contribution >= 0.6 is 11.6 Å². The summed E-state index contributed by atoms with van der Waals surface area (Å²) < 4.78 is 0. The van der Waals surface area contributed by atoms with Crippen LogP contribution < -0.4 is 0 Å². The van der Waals surface area contributed by atoms with E-state index in [0.29, 0.717) is 5.02 Å². The van der Waals surface area contributed by atoms with Gasteiger partial charge >= 0.3 is 0 Å². The van der Waals surface area contributed by atoms with Crippen molar-refractivity contribution in [3.05, 3.63) is 34.9 Å². The Morgan fingerprint density at radius 1 is 1.06 bits per heavy atom. The van der Waals surface area contributed by atoms with Crippen LogP contribution in [0.5, 0.6) is 0 Å². The van der Waals surface area contributed by atoms with E-state index < -0.39 is 5.92 Å². The number of hydrogen-bond acceptors (Lipinski definition) is 2. The van der Waals surface area contributed by atoms with Crippen LogP contribution in [0, 0.1) is 34.5 Å². The molecule has 0 bridgehead atoms. The Morgan fingerprint density at radius 3 is 1.94 bits per heavy atom. The summed E-state index contributed by atoms with van der Waals surface area (Å²) in [7, 11) is 0. The summed E-state index contributed by atoms with van der Waals surface area (Å²) in [6, 6.07) is 11.5. The van der Waals surface area contributed by atoms with E-state index in [0.717, 1.165) is 5.56 Å². The van der Waals surface area contributed by atoms with Crippen LogP contribution in [-0.4, -0.2) is 0 Å². The van der Waals surface area contributed by atoms with Crippen molar-refractivity contribution in [3.63, 3.8) is 0 Å². The van der Waals surface area contributed by atoms with Gasteiger partial charge in [0.25, 0.3) is 0 Å². The molecule has 0 aliphatic carbocycles. The van der Waals surface area contributed by atoms with Crippen LogP contribution in [0.25, 0.3) is 0 Å². The number of benzene rings is 1. The first-order valence-corrected chi connectivity index (χ1v) is 5.52. The standard InChI is InChI=1S/C13H13ClN2/c1-9(2)13(11(7-15)8-16)10-3-5-12(14)6-4-10/h3-6,9,11,13H,1-2H3. The predicted octanol–water partition coefficient (Wildman–Crippen LogP) is 3.74. The minimum absolute atomic E-state index is 0.0627. The Balaban J connectivity index is 3.09. The van der Waals surface area contributed by atoms with Gasteiger partial charge in [-0.25, -0.2) is 0 Å². The Bertz CT molecular complexity index is 409. The normalized spacial score (nSPS) is 12.2. The van der Waals surface area contributed by atoms with Crippen molar-refractivity contribution in [2.45, 2.75) is 19.8 Å². The van der Waals surface area contributed by atoms with Gasteiger partial charge in [-0.3, -0.25) is 0 Å². The van der Waals surface area contributed by atoms with Crippen LogP contribution in [-0.2, 0) is 0 Å². The molecular weight excluding hydrogens is 220 g/mol. The maximum Gasteiger partial charge on any atom is 0.140 e. The van der Waals surface area contributed by atoms with Crippen molar-refractivity contribution in [2.24, 2.45) is 11.8 Å². The molecule has 0 aromatic heterocycles. The van der Waals surface area contributed by atoms with Crippen molar-refractivity contribution < 1.29 is 0 Å². The van der Waals surface area contributed by atoms with Crippen LogP contribution in [0.2, 0.25) is 5.02 Å². The first kappa shape index (κ1) is 12.6. The number of nitrogens with zero attached hydrogens (tertiary/aromatic N) is 2. The fraction of sp³-hybridized carbons (Fsp3) is 0.385. The molecule has 0 aliphatic rings. The van der Waals surface area contributed by atoms with Crippen LogP contribution in [0.1, 0.15) is 25.3 Å². The Labute approximate surface area is 101 Å². The van der Waals surface area contributed by atoms with Gasteiger partial charge in [0.05, 0.1) is 12.1 Å². The van der Waals surface area contributed by atoms with Crippen molar-refractivity contribution in [1.82, 2.24) is 0 Å². The summed E-state index contributed by atoms with van der Waals surface area (Å²) in [5.41, 5.74) is 0.993. The Morgan fingerprint density at radius 2 is 1.56 bits per heavy atom. The average Bonchev–Trinajstić information content (AvgIpc) is 2.27. The zero-order valence-corrected chi connectivity index (χ0v) is 10.1. The molecule has 0 fully saturated rings. The molecule has 1 rings (SSSR count). The largest absolute Gasteiger partial charge is 0.197 e. The molecule has 0 aliphatic heterocycles. The monoisotopic (exact) mass is 232 g/mol. The lowest BCUT2D eigenvalue weighted by atomic mass is 9.80. The highest BCUT2D eigenvalue weighted by Crippen LogP contribution is 2.32. The van der Waals surface area contributed by atoms with Gasteiger partial charge in [-0.1, -0.05) is 37.6 Å². The fourth-order valence-electron chi connectivity index (χ4n) is 1.84. The first-order valence-electron chi connectivity index (χ1n) is 5.14.